The quantitative estimate of drug-likeness (QED) is 0.701. The molecule has 0 aliphatic heterocycles. The smallest absolute Gasteiger partial charge is 0.172 e. The highest BCUT2D eigenvalue weighted by Gasteiger charge is 2.15. The number of rotatable bonds is 6. The van der Waals surface area contributed by atoms with Crippen LogP contribution in [-0.4, -0.2) is 23.7 Å². The van der Waals surface area contributed by atoms with Crippen molar-refractivity contribution < 1.29 is 9.47 Å². The highest BCUT2D eigenvalue weighted by atomic mass is 16.5. The molecule has 0 unspecified atom stereocenters. The number of H-pyrrole nitrogens is 1. The Hall–Kier alpha value is -3.00. The number of methoxy groups -OCH3 is 1. The second kappa shape index (κ2) is 6.84. The van der Waals surface area contributed by atoms with Crippen molar-refractivity contribution >= 4 is 11.0 Å². The maximum Gasteiger partial charge on any atom is 0.172 e. The van der Waals surface area contributed by atoms with Gasteiger partial charge in [0.05, 0.1) is 36.4 Å². The molecule has 2 aromatic carbocycles. The normalized spacial score (nSPS) is 10.4. The van der Waals surface area contributed by atoms with Crippen LogP contribution in [0.15, 0.2) is 42.5 Å². The molecule has 0 bridgehead atoms. The molecule has 0 spiro atoms. The third kappa shape index (κ3) is 3.11. The van der Waals surface area contributed by atoms with Gasteiger partial charge in [0.15, 0.2) is 11.5 Å². The van der Waals surface area contributed by atoms with E-state index in [4.69, 9.17) is 14.7 Å². The molecule has 1 N–H and O–H groups in total. The molecule has 116 valence electrons. The molecule has 3 aromatic rings. The van der Waals surface area contributed by atoms with E-state index in [2.05, 4.69) is 16.0 Å². The number of aromatic amines is 1. The van der Waals surface area contributed by atoms with Crippen LogP contribution < -0.4 is 9.47 Å². The van der Waals surface area contributed by atoms with Gasteiger partial charge in [-0.05, 0) is 30.7 Å². The molecule has 3 rings (SSSR count). The predicted octanol–water partition coefficient (Wildman–Crippen LogP) is 3.92. The molecule has 0 fully saturated rings. The third-order valence-corrected chi connectivity index (χ3v) is 3.52. The lowest BCUT2D eigenvalue weighted by Crippen LogP contribution is -2.01. The summed E-state index contributed by atoms with van der Waals surface area (Å²) < 4.78 is 11.3. The van der Waals surface area contributed by atoms with Crippen molar-refractivity contribution in [3.63, 3.8) is 0 Å². The maximum atomic E-state index is 8.63. The second-order valence-electron chi connectivity index (χ2n) is 5.05. The third-order valence-electron chi connectivity index (χ3n) is 3.52. The number of aromatic nitrogens is 2. The Morgan fingerprint density at radius 2 is 2.04 bits per heavy atom. The number of hydrogen-bond acceptors (Lipinski definition) is 4. The van der Waals surface area contributed by atoms with Crippen molar-refractivity contribution in [2.24, 2.45) is 0 Å². The number of imidazole rings is 1. The molecular weight excluding hydrogens is 290 g/mol. The summed E-state index contributed by atoms with van der Waals surface area (Å²) in [6, 6.07) is 15.7. The van der Waals surface area contributed by atoms with Gasteiger partial charge in [-0.25, -0.2) is 4.98 Å². The van der Waals surface area contributed by atoms with Crippen LogP contribution in [0.4, 0.5) is 0 Å². The van der Waals surface area contributed by atoms with Gasteiger partial charge in [0.1, 0.15) is 5.82 Å². The second-order valence-corrected chi connectivity index (χ2v) is 5.05. The number of nitrogens with one attached hydrogen (secondary N) is 1. The highest BCUT2D eigenvalue weighted by Crippen LogP contribution is 2.37. The zero-order valence-electron chi connectivity index (χ0n) is 12.9. The van der Waals surface area contributed by atoms with E-state index in [1.165, 1.54) is 0 Å². The summed E-state index contributed by atoms with van der Waals surface area (Å²) in [6.45, 7) is 0.459. The summed E-state index contributed by atoms with van der Waals surface area (Å²) in [5, 5.41) is 8.63. The lowest BCUT2D eigenvalue weighted by molar-refractivity contribution is 0.292. The fraction of sp³-hybridized carbons (Fsp3) is 0.222. The van der Waals surface area contributed by atoms with Crippen molar-refractivity contribution in [3.05, 3.63) is 42.5 Å². The van der Waals surface area contributed by atoms with E-state index in [9.17, 15) is 0 Å². The number of hydrogen-bond donors (Lipinski definition) is 1. The first-order valence-corrected chi connectivity index (χ1v) is 7.45. The summed E-state index contributed by atoms with van der Waals surface area (Å²) in [5.41, 5.74) is 2.72. The van der Waals surface area contributed by atoms with Gasteiger partial charge in [-0.15, -0.1) is 0 Å². The molecule has 23 heavy (non-hydrogen) atoms. The van der Waals surface area contributed by atoms with E-state index >= 15 is 0 Å². The SMILES string of the molecule is COc1cccc(-c2nc3ccccc3[nH]2)c1OCCCC#N. The van der Waals surface area contributed by atoms with Crippen LogP contribution in [0.2, 0.25) is 0 Å². The minimum Gasteiger partial charge on any atom is -0.493 e. The Balaban J connectivity index is 1.98. The Morgan fingerprint density at radius 1 is 1.17 bits per heavy atom. The zero-order chi connectivity index (χ0) is 16.1. The minimum absolute atomic E-state index is 0.459. The van der Waals surface area contributed by atoms with E-state index in [0.29, 0.717) is 30.9 Å². The van der Waals surface area contributed by atoms with Gasteiger partial charge >= 0.3 is 0 Å². The van der Waals surface area contributed by atoms with E-state index in [0.717, 1.165) is 22.4 Å². The molecule has 1 aromatic heterocycles. The van der Waals surface area contributed by atoms with Crippen LogP contribution in [-0.2, 0) is 0 Å². The monoisotopic (exact) mass is 307 g/mol. The number of fused-ring (bicyclic) bond motifs is 1. The van der Waals surface area contributed by atoms with Crippen LogP contribution >= 0.6 is 0 Å². The maximum absolute atomic E-state index is 8.63. The van der Waals surface area contributed by atoms with Crippen LogP contribution in [0.3, 0.4) is 0 Å². The summed E-state index contributed by atoms with van der Waals surface area (Å²) >= 11 is 0. The summed E-state index contributed by atoms with van der Waals surface area (Å²) in [7, 11) is 1.61. The molecule has 0 amide bonds. The molecule has 0 saturated heterocycles. The Morgan fingerprint density at radius 3 is 2.83 bits per heavy atom. The number of unbranched alkanes of at least 4 members (excludes halogenated alkanes) is 1. The summed E-state index contributed by atoms with van der Waals surface area (Å²) in [6.07, 6.45) is 1.14. The van der Waals surface area contributed by atoms with Crippen molar-refractivity contribution in [2.75, 3.05) is 13.7 Å². The fourth-order valence-corrected chi connectivity index (χ4v) is 2.42. The molecule has 5 heteroatoms. The van der Waals surface area contributed by atoms with Gasteiger partial charge in [-0.1, -0.05) is 18.2 Å². The van der Waals surface area contributed by atoms with Crippen LogP contribution in [0.25, 0.3) is 22.4 Å². The first-order chi connectivity index (χ1) is 11.3. The molecule has 0 saturated carbocycles. The van der Waals surface area contributed by atoms with Crippen LogP contribution in [0, 0.1) is 11.3 Å². The van der Waals surface area contributed by atoms with Gasteiger partial charge in [-0.3, -0.25) is 0 Å². The standard InChI is InChI=1S/C18H17N3O2/c1-22-16-10-6-7-13(17(16)23-12-5-4-11-19)18-20-14-8-2-3-9-15(14)21-18/h2-3,6-10H,4-5,12H2,1H3,(H,20,21). The van der Waals surface area contributed by atoms with Gasteiger partial charge in [0.25, 0.3) is 0 Å². The molecule has 0 aliphatic rings. The van der Waals surface area contributed by atoms with Crippen molar-refractivity contribution in [2.45, 2.75) is 12.8 Å². The molecular formula is C18H17N3O2. The van der Waals surface area contributed by atoms with Gasteiger partial charge in [0.2, 0.25) is 0 Å². The summed E-state index contributed by atoms with van der Waals surface area (Å²) in [4.78, 5) is 7.93. The topological polar surface area (TPSA) is 70.9 Å². The van der Waals surface area contributed by atoms with Gasteiger partial charge in [-0.2, -0.15) is 5.26 Å². The lowest BCUT2D eigenvalue weighted by atomic mass is 10.1. The number of nitrogens with zero attached hydrogens (tertiary/aromatic N) is 2. The highest BCUT2D eigenvalue weighted by molar-refractivity contribution is 5.81. The number of ether oxygens (including phenoxy) is 2. The van der Waals surface area contributed by atoms with E-state index in [1.807, 2.05) is 42.5 Å². The first kappa shape index (κ1) is 14.9. The zero-order valence-corrected chi connectivity index (χ0v) is 12.9. The fourth-order valence-electron chi connectivity index (χ4n) is 2.42. The minimum atomic E-state index is 0.459. The average Bonchev–Trinajstić information content (AvgIpc) is 3.02. The number of para-hydroxylation sites is 3. The molecule has 1 heterocycles. The van der Waals surface area contributed by atoms with E-state index < -0.39 is 0 Å². The van der Waals surface area contributed by atoms with Crippen LogP contribution in [0.5, 0.6) is 11.5 Å². The summed E-state index contributed by atoms with van der Waals surface area (Å²) in [5.74, 6) is 2.03. The molecule has 5 nitrogen and oxygen atoms in total. The van der Waals surface area contributed by atoms with Gasteiger partial charge < -0.3 is 14.5 Å². The van der Waals surface area contributed by atoms with E-state index in [1.54, 1.807) is 7.11 Å². The molecule has 0 atom stereocenters. The van der Waals surface area contributed by atoms with E-state index in [-0.39, 0.29) is 0 Å². The Kier molecular flexibility index (Phi) is 4.44. The number of nitriles is 1. The largest absolute Gasteiger partial charge is 0.493 e. The van der Waals surface area contributed by atoms with Crippen molar-refractivity contribution in [1.29, 1.82) is 5.26 Å². The molecule has 0 radical (unpaired) electrons. The Bertz CT molecular complexity index is 816. The van der Waals surface area contributed by atoms with Crippen molar-refractivity contribution in [3.8, 4) is 29.0 Å². The predicted molar refractivity (Wildman–Crippen MR) is 88.4 cm³/mol. The Labute approximate surface area is 134 Å². The van der Waals surface area contributed by atoms with Crippen molar-refractivity contribution in [1.82, 2.24) is 9.97 Å². The molecule has 0 aliphatic carbocycles. The average molecular weight is 307 g/mol. The lowest BCUT2D eigenvalue weighted by Gasteiger charge is -2.13. The first-order valence-electron chi connectivity index (χ1n) is 7.45. The van der Waals surface area contributed by atoms with Crippen LogP contribution in [0.1, 0.15) is 12.8 Å². The van der Waals surface area contributed by atoms with Gasteiger partial charge in [0, 0.05) is 6.42 Å². The number of benzene rings is 2.